The van der Waals surface area contributed by atoms with Gasteiger partial charge in [-0.2, -0.15) is 11.8 Å². The molecule has 1 aliphatic rings. The zero-order chi connectivity index (χ0) is 9.10. The van der Waals surface area contributed by atoms with E-state index in [2.05, 4.69) is 11.2 Å². The van der Waals surface area contributed by atoms with Gasteiger partial charge in [-0.3, -0.25) is 0 Å². The van der Waals surface area contributed by atoms with E-state index in [1.54, 1.807) is 23.1 Å². The van der Waals surface area contributed by atoms with Crippen LogP contribution in [0.3, 0.4) is 0 Å². The van der Waals surface area contributed by atoms with Crippen LogP contribution < -0.4 is 0 Å². The Labute approximate surface area is 85.5 Å². The molecule has 13 heavy (non-hydrogen) atoms. The Hall–Kier alpha value is -0.100. The van der Waals surface area contributed by atoms with E-state index < -0.39 is 0 Å². The average Bonchev–Trinajstić information content (AvgIpc) is 2.70. The quantitative estimate of drug-likeness (QED) is 0.775. The smallest absolute Gasteiger partial charge is 0.211 e. The Kier molecular flexibility index (Phi) is 3.21. The van der Waals surface area contributed by atoms with E-state index in [1.165, 1.54) is 4.88 Å². The van der Waals surface area contributed by atoms with Crippen molar-refractivity contribution in [3.8, 4) is 0 Å². The number of ether oxygens (including phenoxy) is 2. The molecule has 1 fully saturated rings. The lowest BCUT2D eigenvalue weighted by Crippen LogP contribution is -1.95. The third kappa shape index (κ3) is 2.22. The van der Waals surface area contributed by atoms with Gasteiger partial charge in [-0.15, -0.1) is 11.3 Å². The molecule has 1 aromatic rings. The highest BCUT2D eigenvalue weighted by Gasteiger charge is 2.21. The zero-order valence-corrected chi connectivity index (χ0v) is 8.99. The Morgan fingerprint density at radius 1 is 1.62 bits per heavy atom. The van der Waals surface area contributed by atoms with Crippen molar-refractivity contribution in [3.05, 3.63) is 16.1 Å². The van der Waals surface area contributed by atoms with Crippen molar-refractivity contribution in [3.63, 3.8) is 0 Å². The van der Waals surface area contributed by atoms with Crippen LogP contribution in [0.5, 0.6) is 0 Å². The summed E-state index contributed by atoms with van der Waals surface area (Å²) < 4.78 is 10.7. The molecule has 0 atom stereocenters. The number of aromatic nitrogens is 1. The minimum atomic E-state index is -0.208. The molecule has 0 aliphatic carbocycles. The van der Waals surface area contributed by atoms with Crippen molar-refractivity contribution >= 4 is 23.1 Å². The van der Waals surface area contributed by atoms with Crippen LogP contribution >= 0.6 is 23.1 Å². The molecule has 1 aliphatic heterocycles. The van der Waals surface area contributed by atoms with Crippen molar-refractivity contribution in [2.24, 2.45) is 0 Å². The molecule has 1 aromatic heterocycles. The first-order valence-electron chi connectivity index (χ1n) is 4.07. The van der Waals surface area contributed by atoms with E-state index in [0.29, 0.717) is 13.2 Å². The predicted molar refractivity (Wildman–Crippen MR) is 54.0 cm³/mol. The van der Waals surface area contributed by atoms with Gasteiger partial charge in [-0.1, -0.05) is 0 Å². The summed E-state index contributed by atoms with van der Waals surface area (Å²) in [6, 6.07) is 0. The molecule has 0 unspecified atom stereocenters. The maximum atomic E-state index is 5.35. The summed E-state index contributed by atoms with van der Waals surface area (Å²) in [5.41, 5.74) is 0. The zero-order valence-electron chi connectivity index (χ0n) is 7.36. The Balaban J connectivity index is 2.03. The molecule has 0 spiro atoms. The average molecular weight is 217 g/mol. The molecule has 72 valence electrons. The van der Waals surface area contributed by atoms with Gasteiger partial charge in [0.15, 0.2) is 0 Å². The first-order valence-corrected chi connectivity index (χ1v) is 6.28. The largest absolute Gasteiger partial charge is 0.344 e. The highest BCUT2D eigenvalue weighted by molar-refractivity contribution is 7.97. The van der Waals surface area contributed by atoms with Crippen LogP contribution in [0, 0.1) is 0 Å². The summed E-state index contributed by atoms with van der Waals surface area (Å²) in [6.07, 6.45) is 3.78. The second kappa shape index (κ2) is 4.41. The van der Waals surface area contributed by atoms with Crippen LogP contribution in [0.25, 0.3) is 0 Å². The van der Waals surface area contributed by atoms with Gasteiger partial charge >= 0.3 is 0 Å². The van der Waals surface area contributed by atoms with Crippen molar-refractivity contribution in [1.82, 2.24) is 4.98 Å². The molecule has 0 radical (unpaired) electrons. The first-order chi connectivity index (χ1) is 6.40. The van der Waals surface area contributed by atoms with Gasteiger partial charge in [-0.05, 0) is 6.26 Å². The van der Waals surface area contributed by atoms with Crippen LogP contribution in [0.15, 0.2) is 6.20 Å². The van der Waals surface area contributed by atoms with E-state index >= 15 is 0 Å². The van der Waals surface area contributed by atoms with E-state index in [0.717, 1.165) is 10.8 Å². The molecule has 0 saturated carbocycles. The predicted octanol–water partition coefficient (Wildman–Crippen LogP) is 2.05. The standard InChI is InChI=1S/C8H11NO2S2/c1-12-5-6-4-9-7(13-6)8-10-2-3-11-8/h4,8H,2-3,5H2,1H3. The molecular weight excluding hydrogens is 206 g/mol. The van der Waals surface area contributed by atoms with Crippen molar-refractivity contribution < 1.29 is 9.47 Å². The highest BCUT2D eigenvalue weighted by atomic mass is 32.2. The molecule has 0 amide bonds. The molecule has 0 aromatic carbocycles. The number of thioether (sulfide) groups is 1. The van der Waals surface area contributed by atoms with Crippen LogP contribution in [0.2, 0.25) is 0 Å². The fourth-order valence-corrected chi connectivity index (χ4v) is 2.80. The van der Waals surface area contributed by atoms with Gasteiger partial charge < -0.3 is 9.47 Å². The van der Waals surface area contributed by atoms with E-state index in [4.69, 9.17) is 9.47 Å². The molecule has 3 nitrogen and oxygen atoms in total. The van der Waals surface area contributed by atoms with Gasteiger partial charge in [0.05, 0.1) is 13.2 Å². The summed E-state index contributed by atoms with van der Waals surface area (Å²) in [5, 5.41) is 0.946. The molecule has 0 N–H and O–H groups in total. The number of nitrogens with zero attached hydrogens (tertiary/aromatic N) is 1. The van der Waals surface area contributed by atoms with Crippen LogP contribution in [0.1, 0.15) is 16.2 Å². The third-order valence-corrected chi connectivity index (χ3v) is 3.48. The maximum absolute atomic E-state index is 5.35. The third-order valence-electron chi connectivity index (χ3n) is 1.68. The lowest BCUT2D eigenvalue weighted by atomic mass is 10.6. The molecule has 1 saturated heterocycles. The van der Waals surface area contributed by atoms with Gasteiger partial charge in [0.2, 0.25) is 6.29 Å². The molecule has 2 heterocycles. The van der Waals surface area contributed by atoms with Crippen LogP contribution in [-0.2, 0) is 15.2 Å². The van der Waals surface area contributed by atoms with E-state index in [-0.39, 0.29) is 6.29 Å². The van der Waals surface area contributed by atoms with Crippen molar-refractivity contribution in [2.75, 3.05) is 19.5 Å². The number of thiazole rings is 1. The number of rotatable bonds is 3. The summed E-state index contributed by atoms with van der Waals surface area (Å²) >= 11 is 3.47. The monoisotopic (exact) mass is 217 g/mol. The second-order valence-corrected chi connectivity index (χ2v) is 4.68. The van der Waals surface area contributed by atoms with Crippen LogP contribution in [0.4, 0.5) is 0 Å². The first kappa shape index (κ1) is 9.45. The fourth-order valence-electron chi connectivity index (χ4n) is 1.14. The van der Waals surface area contributed by atoms with Gasteiger partial charge in [0.25, 0.3) is 0 Å². The fraction of sp³-hybridized carbons (Fsp3) is 0.625. The lowest BCUT2D eigenvalue weighted by molar-refractivity contribution is -0.0442. The summed E-state index contributed by atoms with van der Waals surface area (Å²) in [6.45, 7) is 1.37. The Morgan fingerprint density at radius 2 is 2.38 bits per heavy atom. The van der Waals surface area contributed by atoms with Gasteiger partial charge in [0.1, 0.15) is 5.01 Å². The highest BCUT2D eigenvalue weighted by Crippen LogP contribution is 2.28. The minimum Gasteiger partial charge on any atom is -0.344 e. The lowest BCUT2D eigenvalue weighted by Gasteiger charge is -2.02. The van der Waals surface area contributed by atoms with E-state index in [9.17, 15) is 0 Å². The summed E-state index contributed by atoms with van der Waals surface area (Å²) in [5.74, 6) is 1.02. The molecule has 2 rings (SSSR count). The van der Waals surface area contributed by atoms with Crippen molar-refractivity contribution in [1.29, 1.82) is 0 Å². The SMILES string of the molecule is CSCc1cnc(C2OCCO2)s1. The second-order valence-electron chi connectivity index (χ2n) is 2.67. The Morgan fingerprint density at radius 3 is 3.08 bits per heavy atom. The van der Waals surface area contributed by atoms with Crippen molar-refractivity contribution in [2.45, 2.75) is 12.0 Å². The normalized spacial score (nSPS) is 18.2. The van der Waals surface area contributed by atoms with E-state index in [1.807, 2.05) is 6.20 Å². The number of hydrogen-bond acceptors (Lipinski definition) is 5. The van der Waals surface area contributed by atoms with Gasteiger partial charge in [-0.25, -0.2) is 4.98 Å². The Bertz CT molecular complexity index is 271. The van der Waals surface area contributed by atoms with Gasteiger partial charge in [0, 0.05) is 16.8 Å². The summed E-state index contributed by atoms with van der Waals surface area (Å²) in [7, 11) is 0. The summed E-state index contributed by atoms with van der Waals surface area (Å²) in [4.78, 5) is 5.55. The molecule has 5 heteroatoms. The molecule has 0 bridgehead atoms. The minimum absolute atomic E-state index is 0.208. The topological polar surface area (TPSA) is 31.4 Å². The van der Waals surface area contributed by atoms with Crippen LogP contribution in [-0.4, -0.2) is 24.5 Å². The maximum Gasteiger partial charge on any atom is 0.211 e. The number of hydrogen-bond donors (Lipinski definition) is 0. The molecular formula is C8H11NO2S2.